The van der Waals surface area contributed by atoms with Gasteiger partial charge >= 0.3 is 0 Å². The summed E-state index contributed by atoms with van der Waals surface area (Å²) in [6, 6.07) is 5.45. The van der Waals surface area contributed by atoms with Gasteiger partial charge in [-0.05, 0) is 28.1 Å². The predicted octanol–water partition coefficient (Wildman–Crippen LogP) is 3.81. The molecule has 3 rings (SSSR count). The van der Waals surface area contributed by atoms with E-state index in [2.05, 4.69) is 15.9 Å². The normalized spacial score (nSPS) is 18.2. The second-order valence-corrected chi connectivity index (χ2v) is 6.32. The van der Waals surface area contributed by atoms with Crippen LogP contribution in [0.3, 0.4) is 0 Å². The van der Waals surface area contributed by atoms with E-state index in [4.69, 9.17) is 0 Å². The van der Waals surface area contributed by atoms with E-state index in [-0.39, 0.29) is 31.8 Å². The van der Waals surface area contributed by atoms with Crippen LogP contribution in [0, 0.1) is 0 Å². The fraction of sp³-hybridized carbons (Fsp3) is 0.400. The SMILES string of the molecule is Cn1cc(Br)c2ccc(C(=O)N3CCC(F)(F)CC3)cc21. The van der Waals surface area contributed by atoms with Gasteiger partial charge in [-0.3, -0.25) is 4.79 Å². The molecule has 1 aliphatic heterocycles. The summed E-state index contributed by atoms with van der Waals surface area (Å²) in [5.41, 5.74) is 1.48. The smallest absolute Gasteiger partial charge is 0.253 e. The van der Waals surface area contributed by atoms with Crippen LogP contribution in [-0.2, 0) is 7.05 Å². The average Bonchev–Trinajstić information content (AvgIpc) is 2.73. The van der Waals surface area contributed by atoms with Crippen molar-refractivity contribution in [1.29, 1.82) is 0 Å². The number of alkyl halides is 2. The third-order valence-corrected chi connectivity index (χ3v) is 4.60. The largest absolute Gasteiger partial charge is 0.349 e. The standard InChI is InChI=1S/C15H15BrF2N2O/c1-19-9-12(16)11-3-2-10(8-13(11)19)14(21)20-6-4-15(17,18)5-7-20/h2-3,8-9H,4-7H2,1H3. The summed E-state index contributed by atoms with van der Waals surface area (Å²) in [4.78, 5) is 13.9. The Hall–Kier alpha value is -1.43. The molecule has 21 heavy (non-hydrogen) atoms. The lowest BCUT2D eigenvalue weighted by Gasteiger charge is -2.31. The monoisotopic (exact) mass is 356 g/mol. The Morgan fingerprint density at radius 1 is 1.29 bits per heavy atom. The van der Waals surface area contributed by atoms with Gasteiger partial charge in [0.15, 0.2) is 0 Å². The summed E-state index contributed by atoms with van der Waals surface area (Å²) in [6.45, 7) is 0.224. The number of carbonyl (C=O) groups is 1. The molecule has 0 aliphatic carbocycles. The molecule has 0 unspecified atom stereocenters. The number of hydrogen-bond acceptors (Lipinski definition) is 1. The van der Waals surface area contributed by atoms with Crippen LogP contribution in [0.25, 0.3) is 10.9 Å². The first-order valence-electron chi connectivity index (χ1n) is 6.79. The van der Waals surface area contributed by atoms with Crippen molar-refractivity contribution in [3.63, 3.8) is 0 Å². The predicted molar refractivity (Wildman–Crippen MR) is 80.7 cm³/mol. The fourth-order valence-electron chi connectivity index (χ4n) is 2.69. The van der Waals surface area contributed by atoms with Gasteiger partial charge in [0.1, 0.15) is 0 Å². The Bertz CT molecular complexity index is 701. The molecule has 0 radical (unpaired) electrons. The van der Waals surface area contributed by atoms with Gasteiger partial charge in [-0.2, -0.15) is 0 Å². The number of amides is 1. The zero-order valence-electron chi connectivity index (χ0n) is 11.6. The fourth-order valence-corrected chi connectivity index (χ4v) is 3.33. The molecule has 0 spiro atoms. The second-order valence-electron chi connectivity index (χ2n) is 5.47. The summed E-state index contributed by atoms with van der Waals surface area (Å²) in [7, 11) is 1.91. The summed E-state index contributed by atoms with van der Waals surface area (Å²) in [5.74, 6) is -2.81. The summed E-state index contributed by atoms with van der Waals surface area (Å²) in [5, 5.41) is 1.03. The number of hydrogen-bond donors (Lipinski definition) is 0. The first-order valence-corrected chi connectivity index (χ1v) is 7.58. The molecule has 6 heteroatoms. The Kier molecular flexibility index (Phi) is 3.51. The van der Waals surface area contributed by atoms with E-state index in [1.165, 1.54) is 4.90 Å². The van der Waals surface area contributed by atoms with Crippen molar-refractivity contribution in [3.05, 3.63) is 34.4 Å². The number of likely N-dealkylation sites (tertiary alicyclic amines) is 1. The molecule has 1 amide bonds. The van der Waals surface area contributed by atoms with Crippen LogP contribution >= 0.6 is 15.9 Å². The van der Waals surface area contributed by atoms with Gasteiger partial charge in [0.2, 0.25) is 0 Å². The van der Waals surface area contributed by atoms with E-state index < -0.39 is 5.92 Å². The summed E-state index contributed by atoms with van der Waals surface area (Å²) < 4.78 is 29.2. The molecule has 0 saturated carbocycles. The van der Waals surface area contributed by atoms with Gasteiger partial charge in [-0.1, -0.05) is 6.07 Å². The molecule has 0 bridgehead atoms. The maximum atomic E-state index is 13.2. The minimum Gasteiger partial charge on any atom is -0.349 e. The third-order valence-electron chi connectivity index (χ3n) is 3.97. The lowest BCUT2D eigenvalue weighted by atomic mass is 10.1. The second kappa shape index (κ2) is 5.09. The van der Waals surface area contributed by atoms with Crippen LogP contribution in [0.15, 0.2) is 28.9 Å². The maximum Gasteiger partial charge on any atom is 0.253 e. The Labute approximate surface area is 129 Å². The first kappa shape index (κ1) is 14.5. The van der Waals surface area contributed by atoms with E-state index in [9.17, 15) is 13.6 Å². The maximum absolute atomic E-state index is 13.2. The number of rotatable bonds is 1. The van der Waals surface area contributed by atoms with Crippen LogP contribution in [-0.4, -0.2) is 34.4 Å². The minimum absolute atomic E-state index is 0.112. The summed E-state index contributed by atoms with van der Waals surface area (Å²) >= 11 is 3.47. The molecule has 1 saturated heterocycles. The minimum atomic E-state index is -2.64. The van der Waals surface area contributed by atoms with Gasteiger partial charge in [0.25, 0.3) is 11.8 Å². The lowest BCUT2D eigenvalue weighted by Crippen LogP contribution is -2.42. The number of carbonyl (C=O) groups excluding carboxylic acids is 1. The molecule has 0 atom stereocenters. The molecule has 1 aromatic carbocycles. The number of halogens is 3. The van der Waals surface area contributed by atoms with Crippen molar-refractivity contribution in [3.8, 4) is 0 Å². The van der Waals surface area contributed by atoms with Crippen molar-refractivity contribution in [2.75, 3.05) is 13.1 Å². The molecule has 1 aliphatic rings. The molecule has 2 aromatic rings. The van der Waals surface area contributed by atoms with Crippen LogP contribution in [0.5, 0.6) is 0 Å². The molecule has 2 heterocycles. The Morgan fingerprint density at radius 3 is 2.62 bits per heavy atom. The van der Waals surface area contributed by atoms with E-state index >= 15 is 0 Å². The Balaban J connectivity index is 1.87. The van der Waals surface area contributed by atoms with Crippen LogP contribution in [0.1, 0.15) is 23.2 Å². The number of nitrogens with zero attached hydrogens (tertiary/aromatic N) is 2. The quantitative estimate of drug-likeness (QED) is 0.762. The Morgan fingerprint density at radius 2 is 1.95 bits per heavy atom. The van der Waals surface area contributed by atoms with Gasteiger partial charge in [-0.15, -0.1) is 0 Å². The molecule has 1 aromatic heterocycles. The van der Waals surface area contributed by atoms with Crippen molar-refractivity contribution in [1.82, 2.24) is 9.47 Å². The van der Waals surface area contributed by atoms with Crippen LogP contribution in [0.4, 0.5) is 8.78 Å². The highest BCUT2D eigenvalue weighted by Gasteiger charge is 2.35. The lowest BCUT2D eigenvalue weighted by molar-refractivity contribution is -0.0494. The first-order chi connectivity index (χ1) is 9.87. The van der Waals surface area contributed by atoms with E-state index in [0.29, 0.717) is 5.56 Å². The van der Waals surface area contributed by atoms with E-state index in [1.807, 2.05) is 29.9 Å². The molecular formula is C15H15BrF2N2O. The van der Waals surface area contributed by atoms with Crippen molar-refractivity contribution < 1.29 is 13.6 Å². The topological polar surface area (TPSA) is 25.2 Å². The van der Waals surface area contributed by atoms with Gasteiger partial charge < -0.3 is 9.47 Å². The zero-order chi connectivity index (χ0) is 15.2. The van der Waals surface area contributed by atoms with Crippen LogP contribution in [0.2, 0.25) is 0 Å². The average molecular weight is 357 g/mol. The third kappa shape index (κ3) is 2.69. The van der Waals surface area contributed by atoms with E-state index in [0.717, 1.165) is 15.4 Å². The molecule has 112 valence electrons. The van der Waals surface area contributed by atoms with Crippen molar-refractivity contribution >= 4 is 32.7 Å². The van der Waals surface area contributed by atoms with E-state index in [1.54, 1.807) is 6.07 Å². The zero-order valence-corrected chi connectivity index (χ0v) is 13.2. The molecule has 3 nitrogen and oxygen atoms in total. The van der Waals surface area contributed by atoms with Gasteiger partial charge in [-0.25, -0.2) is 8.78 Å². The van der Waals surface area contributed by atoms with Gasteiger partial charge in [0.05, 0.1) is 0 Å². The number of aromatic nitrogens is 1. The number of benzene rings is 1. The van der Waals surface area contributed by atoms with Crippen molar-refractivity contribution in [2.45, 2.75) is 18.8 Å². The van der Waals surface area contributed by atoms with Crippen LogP contribution < -0.4 is 0 Å². The summed E-state index contributed by atoms with van der Waals surface area (Å²) in [6.07, 6.45) is 1.42. The highest BCUT2D eigenvalue weighted by Crippen LogP contribution is 2.30. The van der Waals surface area contributed by atoms with Gasteiger partial charge in [0, 0.05) is 60.1 Å². The molecule has 0 N–H and O–H groups in total. The number of fused-ring (bicyclic) bond motifs is 1. The highest BCUT2D eigenvalue weighted by atomic mass is 79.9. The van der Waals surface area contributed by atoms with Crippen molar-refractivity contribution in [2.24, 2.45) is 7.05 Å². The molecular weight excluding hydrogens is 342 g/mol. The number of aryl methyl sites for hydroxylation is 1. The highest BCUT2D eigenvalue weighted by molar-refractivity contribution is 9.10. The molecule has 1 fully saturated rings. The number of piperidine rings is 1.